The minimum atomic E-state index is -1.90. The lowest BCUT2D eigenvalue weighted by Crippen LogP contribution is -2.42. The molecule has 2 atom stereocenters. The fourth-order valence-electron chi connectivity index (χ4n) is 2.13. The molecule has 23 heavy (non-hydrogen) atoms. The van der Waals surface area contributed by atoms with E-state index in [1.807, 2.05) is 12.1 Å². The highest BCUT2D eigenvalue weighted by Gasteiger charge is 2.39. The highest BCUT2D eigenvalue weighted by molar-refractivity contribution is 6.74. The van der Waals surface area contributed by atoms with Crippen molar-refractivity contribution in [1.82, 2.24) is 0 Å². The van der Waals surface area contributed by atoms with Crippen molar-refractivity contribution >= 4 is 14.0 Å². The van der Waals surface area contributed by atoms with Gasteiger partial charge in [0.05, 0.1) is 11.0 Å². The molecule has 0 heterocycles. The SMILES string of the molecule is CCC(C)CC(O[Si](C)(C)C(C)(C)C)c1ccc([N+](=O)[O-])cc1. The second-order valence-corrected chi connectivity index (χ2v) is 12.7. The Labute approximate surface area is 141 Å². The van der Waals surface area contributed by atoms with Crippen LogP contribution in [0.15, 0.2) is 24.3 Å². The van der Waals surface area contributed by atoms with Crippen molar-refractivity contribution in [2.75, 3.05) is 0 Å². The molecule has 5 heteroatoms. The van der Waals surface area contributed by atoms with Crippen LogP contribution >= 0.6 is 0 Å². The molecule has 0 N–H and O–H groups in total. The zero-order valence-corrected chi connectivity index (χ0v) is 16.6. The molecule has 0 saturated carbocycles. The van der Waals surface area contributed by atoms with Crippen LogP contribution < -0.4 is 0 Å². The van der Waals surface area contributed by atoms with E-state index in [0.29, 0.717) is 5.92 Å². The zero-order valence-electron chi connectivity index (χ0n) is 15.6. The zero-order chi connectivity index (χ0) is 17.8. The maximum atomic E-state index is 10.8. The maximum absolute atomic E-state index is 10.8. The molecule has 0 fully saturated rings. The summed E-state index contributed by atoms with van der Waals surface area (Å²) in [7, 11) is -1.90. The van der Waals surface area contributed by atoms with Crippen LogP contribution in [0.1, 0.15) is 59.1 Å². The third-order valence-corrected chi connectivity index (χ3v) is 9.52. The third kappa shape index (κ3) is 5.43. The number of rotatable bonds is 7. The molecule has 0 radical (unpaired) electrons. The lowest BCUT2D eigenvalue weighted by atomic mass is 9.96. The Morgan fingerprint density at radius 2 is 1.74 bits per heavy atom. The van der Waals surface area contributed by atoms with Crippen LogP contribution in [0.25, 0.3) is 0 Å². The lowest BCUT2D eigenvalue weighted by Gasteiger charge is -2.40. The number of benzene rings is 1. The van der Waals surface area contributed by atoms with Gasteiger partial charge in [-0.15, -0.1) is 0 Å². The first-order valence-electron chi connectivity index (χ1n) is 8.40. The monoisotopic (exact) mass is 337 g/mol. The first-order chi connectivity index (χ1) is 10.5. The highest BCUT2D eigenvalue weighted by Crippen LogP contribution is 2.41. The predicted molar refractivity (Wildman–Crippen MR) is 98.2 cm³/mol. The van der Waals surface area contributed by atoms with Gasteiger partial charge in [-0.05, 0) is 48.2 Å². The molecule has 1 aromatic carbocycles. The Morgan fingerprint density at radius 3 is 2.13 bits per heavy atom. The Balaban J connectivity index is 3.07. The van der Waals surface area contributed by atoms with Gasteiger partial charge in [0, 0.05) is 12.1 Å². The summed E-state index contributed by atoms with van der Waals surface area (Å²) in [5.74, 6) is 0.556. The van der Waals surface area contributed by atoms with Gasteiger partial charge < -0.3 is 4.43 Å². The topological polar surface area (TPSA) is 52.4 Å². The average Bonchev–Trinajstić information content (AvgIpc) is 2.45. The largest absolute Gasteiger partial charge is 0.410 e. The van der Waals surface area contributed by atoms with Crippen LogP contribution in [0.4, 0.5) is 5.69 Å². The molecule has 0 amide bonds. The van der Waals surface area contributed by atoms with Gasteiger partial charge in [0.2, 0.25) is 0 Å². The average molecular weight is 338 g/mol. The van der Waals surface area contributed by atoms with Gasteiger partial charge in [0.1, 0.15) is 0 Å². The fourth-order valence-corrected chi connectivity index (χ4v) is 3.42. The van der Waals surface area contributed by atoms with Crippen LogP contribution in [0.2, 0.25) is 18.1 Å². The van der Waals surface area contributed by atoms with Gasteiger partial charge in [-0.3, -0.25) is 10.1 Å². The summed E-state index contributed by atoms with van der Waals surface area (Å²) in [4.78, 5) is 10.5. The van der Waals surface area contributed by atoms with Gasteiger partial charge in [0.15, 0.2) is 8.32 Å². The Morgan fingerprint density at radius 1 is 1.22 bits per heavy atom. The summed E-state index contributed by atoms with van der Waals surface area (Å²) in [6.45, 7) is 15.6. The van der Waals surface area contributed by atoms with Crippen LogP contribution in [-0.4, -0.2) is 13.2 Å². The molecule has 0 aliphatic carbocycles. The molecule has 1 aromatic rings. The van der Waals surface area contributed by atoms with E-state index in [2.05, 4.69) is 47.7 Å². The molecule has 4 nitrogen and oxygen atoms in total. The molecule has 0 aliphatic heterocycles. The summed E-state index contributed by atoms with van der Waals surface area (Å²) in [6, 6.07) is 6.85. The normalized spacial score (nSPS) is 15.3. The van der Waals surface area contributed by atoms with E-state index >= 15 is 0 Å². The third-order valence-electron chi connectivity index (χ3n) is 5.03. The molecule has 1 rings (SSSR count). The van der Waals surface area contributed by atoms with Crippen molar-refractivity contribution in [2.45, 2.75) is 71.7 Å². The summed E-state index contributed by atoms with van der Waals surface area (Å²) in [6.07, 6.45) is 2.05. The van der Waals surface area contributed by atoms with Gasteiger partial charge in [-0.2, -0.15) is 0 Å². The van der Waals surface area contributed by atoms with E-state index in [4.69, 9.17) is 4.43 Å². The Bertz CT molecular complexity index is 520. The summed E-state index contributed by atoms with van der Waals surface area (Å²) in [5.41, 5.74) is 1.17. The van der Waals surface area contributed by atoms with Crippen LogP contribution in [-0.2, 0) is 4.43 Å². The van der Waals surface area contributed by atoms with E-state index in [1.54, 1.807) is 12.1 Å². The molecule has 2 unspecified atom stereocenters. The summed E-state index contributed by atoms with van der Waals surface area (Å²) < 4.78 is 6.63. The minimum absolute atomic E-state index is 0.00615. The number of nitro groups is 1. The van der Waals surface area contributed by atoms with E-state index < -0.39 is 8.32 Å². The Hall–Kier alpha value is -1.20. The molecular formula is C18H31NO3Si. The minimum Gasteiger partial charge on any atom is -0.410 e. The lowest BCUT2D eigenvalue weighted by molar-refractivity contribution is -0.384. The molecule has 0 aliphatic rings. The van der Waals surface area contributed by atoms with Gasteiger partial charge in [-0.25, -0.2) is 0 Å². The number of hydrogen-bond donors (Lipinski definition) is 0. The first kappa shape index (κ1) is 19.8. The quantitative estimate of drug-likeness (QED) is 0.343. The van der Waals surface area contributed by atoms with Crippen LogP contribution in [0.3, 0.4) is 0 Å². The van der Waals surface area contributed by atoms with E-state index in [1.165, 1.54) is 0 Å². The molecule has 130 valence electrons. The summed E-state index contributed by atoms with van der Waals surface area (Å²) >= 11 is 0. The standard InChI is InChI=1S/C18H31NO3Si/c1-8-14(2)13-17(22-23(6,7)18(3,4)5)15-9-11-16(12-10-15)19(20)21/h9-12,14,17H,8,13H2,1-7H3. The van der Waals surface area contributed by atoms with E-state index in [0.717, 1.165) is 18.4 Å². The van der Waals surface area contributed by atoms with Crippen molar-refractivity contribution in [3.63, 3.8) is 0 Å². The van der Waals surface area contributed by atoms with Crippen molar-refractivity contribution < 1.29 is 9.35 Å². The molecule has 0 saturated heterocycles. The second kappa shape index (κ2) is 7.58. The van der Waals surface area contributed by atoms with Crippen LogP contribution in [0.5, 0.6) is 0 Å². The number of nitro benzene ring substituents is 1. The Kier molecular flexibility index (Phi) is 6.54. The first-order valence-corrected chi connectivity index (χ1v) is 11.3. The highest BCUT2D eigenvalue weighted by atomic mass is 28.4. The molecular weight excluding hydrogens is 306 g/mol. The van der Waals surface area contributed by atoms with E-state index in [9.17, 15) is 10.1 Å². The van der Waals surface area contributed by atoms with Crippen molar-refractivity contribution in [3.05, 3.63) is 39.9 Å². The molecule has 0 spiro atoms. The van der Waals surface area contributed by atoms with Gasteiger partial charge in [0.25, 0.3) is 5.69 Å². The summed E-state index contributed by atoms with van der Waals surface area (Å²) in [5, 5.41) is 11.0. The number of hydrogen-bond acceptors (Lipinski definition) is 3. The number of non-ortho nitro benzene ring substituents is 1. The van der Waals surface area contributed by atoms with Gasteiger partial charge in [-0.1, -0.05) is 41.0 Å². The fraction of sp³-hybridized carbons (Fsp3) is 0.667. The maximum Gasteiger partial charge on any atom is 0.269 e. The van der Waals surface area contributed by atoms with Gasteiger partial charge >= 0.3 is 0 Å². The van der Waals surface area contributed by atoms with Crippen molar-refractivity contribution in [3.8, 4) is 0 Å². The molecule has 0 aromatic heterocycles. The molecule has 0 bridgehead atoms. The van der Waals surface area contributed by atoms with E-state index in [-0.39, 0.29) is 21.8 Å². The second-order valence-electron chi connectivity index (χ2n) is 7.96. The van der Waals surface area contributed by atoms with Crippen LogP contribution in [0, 0.1) is 16.0 Å². The number of nitrogens with zero attached hydrogens (tertiary/aromatic N) is 1. The predicted octanol–water partition coefficient (Wildman–Crippen LogP) is 6.09. The smallest absolute Gasteiger partial charge is 0.269 e. The van der Waals surface area contributed by atoms with Crippen molar-refractivity contribution in [2.24, 2.45) is 5.92 Å². The van der Waals surface area contributed by atoms with Crippen molar-refractivity contribution in [1.29, 1.82) is 0 Å².